The predicted octanol–water partition coefficient (Wildman–Crippen LogP) is 3.73. The van der Waals surface area contributed by atoms with Crippen LogP contribution in [-0.4, -0.2) is 30.5 Å². The molecule has 0 aliphatic carbocycles. The Bertz CT molecular complexity index is 786. The number of anilines is 1. The summed E-state index contributed by atoms with van der Waals surface area (Å²) in [7, 11) is 0. The molecule has 2 aromatic rings. The van der Waals surface area contributed by atoms with Crippen molar-refractivity contribution in [2.24, 2.45) is 0 Å². The summed E-state index contributed by atoms with van der Waals surface area (Å²) >= 11 is 0. The van der Waals surface area contributed by atoms with Crippen LogP contribution in [0.15, 0.2) is 48.5 Å². The Balaban J connectivity index is 1.71. The molecule has 136 valence electrons. The fraction of sp³-hybridized carbons (Fsp3) is 0.350. The van der Waals surface area contributed by atoms with Gasteiger partial charge in [-0.05, 0) is 36.5 Å². The van der Waals surface area contributed by atoms with E-state index < -0.39 is 4.92 Å². The third-order valence-electron chi connectivity index (χ3n) is 4.82. The molecule has 3 rings (SSSR count). The molecular weight excluding hydrogens is 330 g/mol. The first-order chi connectivity index (χ1) is 12.6. The molecule has 0 spiro atoms. The maximum atomic E-state index is 12.4. The summed E-state index contributed by atoms with van der Waals surface area (Å²) in [6.07, 6.45) is 2.08. The lowest BCUT2D eigenvalue weighted by atomic mass is 10.0. The average Bonchev–Trinajstić information content (AvgIpc) is 3.20. The maximum absolute atomic E-state index is 12.4. The second-order valence-corrected chi connectivity index (χ2v) is 6.68. The zero-order chi connectivity index (χ0) is 18.5. The molecular formula is C20H23N3O3. The second-order valence-electron chi connectivity index (χ2n) is 6.68. The van der Waals surface area contributed by atoms with Crippen molar-refractivity contribution in [1.82, 2.24) is 5.32 Å². The van der Waals surface area contributed by atoms with Gasteiger partial charge in [-0.2, -0.15) is 0 Å². The van der Waals surface area contributed by atoms with Crippen molar-refractivity contribution in [3.05, 3.63) is 69.8 Å². The summed E-state index contributed by atoms with van der Waals surface area (Å²) in [6, 6.07) is 14.7. The van der Waals surface area contributed by atoms with E-state index in [1.165, 1.54) is 6.07 Å². The minimum Gasteiger partial charge on any atom is -0.366 e. The average molecular weight is 353 g/mol. The lowest BCUT2D eigenvalue weighted by Gasteiger charge is -2.18. The molecule has 1 N–H and O–H groups in total. The molecule has 1 aliphatic rings. The third kappa shape index (κ3) is 4.02. The first-order valence-electron chi connectivity index (χ1n) is 8.93. The van der Waals surface area contributed by atoms with Gasteiger partial charge in [-0.25, -0.2) is 0 Å². The molecule has 1 heterocycles. The number of hydrogen-bond donors (Lipinski definition) is 1. The van der Waals surface area contributed by atoms with Crippen molar-refractivity contribution in [2.75, 3.05) is 24.5 Å². The molecule has 0 saturated carbocycles. The van der Waals surface area contributed by atoms with E-state index in [1.807, 2.05) is 42.2 Å². The molecule has 1 saturated heterocycles. The van der Waals surface area contributed by atoms with Crippen molar-refractivity contribution in [3.63, 3.8) is 0 Å². The van der Waals surface area contributed by atoms with Crippen molar-refractivity contribution < 1.29 is 9.72 Å². The van der Waals surface area contributed by atoms with Gasteiger partial charge in [0.2, 0.25) is 0 Å². The quantitative estimate of drug-likeness (QED) is 0.634. The van der Waals surface area contributed by atoms with Gasteiger partial charge in [-0.1, -0.05) is 37.3 Å². The number of carbonyl (C=O) groups is 1. The second kappa shape index (κ2) is 7.99. The molecule has 0 aromatic heterocycles. The highest BCUT2D eigenvalue weighted by molar-refractivity contribution is 5.95. The fourth-order valence-corrected chi connectivity index (χ4v) is 3.28. The number of carbonyl (C=O) groups excluding carboxylic acids is 1. The Labute approximate surface area is 153 Å². The van der Waals surface area contributed by atoms with Crippen LogP contribution < -0.4 is 10.2 Å². The van der Waals surface area contributed by atoms with E-state index in [2.05, 4.69) is 5.32 Å². The van der Waals surface area contributed by atoms with Crippen LogP contribution in [0.1, 0.15) is 41.6 Å². The highest BCUT2D eigenvalue weighted by Crippen LogP contribution is 2.31. The monoisotopic (exact) mass is 353 g/mol. The Morgan fingerprint density at radius 2 is 1.88 bits per heavy atom. The van der Waals surface area contributed by atoms with Crippen LogP contribution in [-0.2, 0) is 0 Å². The smallest absolute Gasteiger partial charge is 0.293 e. The number of hydrogen-bond acceptors (Lipinski definition) is 4. The van der Waals surface area contributed by atoms with E-state index in [0.717, 1.165) is 31.5 Å². The van der Waals surface area contributed by atoms with Crippen LogP contribution in [0.25, 0.3) is 0 Å². The number of rotatable bonds is 6. The van der Waals surface area contributed by atoms with Gasteiger partial charge in [0.25, 0.3) is 11.6 Å². The number of nitro groups is 1. The summed E-state index contributed by atoms with van der Waals surface area (Å²) in [5, 5.41) is 14.3. The van der Waals surface area contributed by atoms with E-state index in [4.69, 9.17) is 0 Å². The number of nitrogens with zero attached hydrogens (tertiary/aromatic N) is 2. The first kappa shape index (κ1) is 17.9. The van der Waals surface area contributed by atoms with Gasteiger partial charge in [0.05, 0.1) is 4.92 Å². The molecule has 1 amide bonds. The van der Waals surface area contributed by atoms with Crippen molar-refractivity contribution in [3.8, 4) is 0 Å². The van der Waals surface area contributed by atoms with E-state index in [-0.39, 0.29) is 17.5 Å². The summed E-state index contributed by atoms with van der Waals surface area (Å²) in [5.74, 6) is -0.122. The number of benzene rings is 2. The summed E-state index contributed by atoms with van der Waals surface area (Å²) < 4.78 is 0. The van der Waals surface area contributed by atoms with Crippen LogP contribution >= 0.6 is 0 Å². The topological polar surface area (TPSA) is 75.5 Å². The summed E-state index contributed by atoms with van der Waals surface area (Å²) in [4.78, 5) is 25.5. The SMILES string of the molecule is CC(CNC(=O)c1ccc(N2CCCC2)c([N+](=O)[O-])c1)c1ccccc1. The minimum absolute atomic E-state index is 0.00402. The Morgan fingerprint density at radius 1 is 1.19 bits per heavy atom. The van der Waals surface area contributed by atoms with Crippen LogP contribution in [0.2, 0.25) is 0 Å². The van der Waals surface area contributed by atoms with E-state index in [1.54, 1.807) is 12.1 Å². The molecule has 1 unspecified atom stereocenters. The Morgan fingerprint density at radius 3 is 2.54 bits per heavy atom. The van der Waals surface area contributed by atoms with Crippen LogP contribution in [0, 0.1) is 10.1 Å². The van der Waals surface area contributed by atoms with Gasteiger partial charge in [0.1, 0.15) is 5.69 Å². The molecule has 0 radical (unpaired) electrons. The van der Waals surface area contributed by atoms with Crippen molar-refractivity contribution in [2.45, 2.75) is 25.7 Å². The van der Waals surface area contributed by atoms with Crippen LogP contribution in [0.3, 0.4) is 0 Å². The maximum Gasteiger partial charge on any atom is 0.293 e. The number of amides is 1. The Hall–Kier alpha value is -2.89. The zero-order valence-corrected chi connectivity index (χ0v) is 14.9. The lowest BCUT2D eigenvalue weighted by Crippen LogP contribution is -2.27. The van der Waals surface area contributed by atoms with E-state index in [9.17, 15) is 14.9 Å². The first-order valence-corrected chi connectivity index (χ1v) is 8.93. The molecule has 26 heavy (non-hydrogen) atoms. The number of nitro benzene ring substituents is 1. The Kier molecular flexibility index (Phi) is 5.51. The minimum atomic E-state index is -0.406. The standard InChI is InChI=1S/C20H23N3O3/c1-15(16-7-3-2-4-8-16)14-21-20(24)17-9-10-18(19(13-17)23(25)26)22-11-5-6-12-22/h2-4,7-10,13,15H,5-6,11-12,14H2,1H3,(H,21,24). The van der Waals surface area contributed by atoms with Gasteiger partial charge in [-0.15, -0.1) is 0 Å². The molecule has 6 nitrogen and oxygen atoms in total. The highest BCUT2D eigenvalue weighted by Gasteiger charge is 2.24. The van der Waals surface area contributed by atoms with Gasteiger partial charge in [0, 0.05) is 31.3 Å². The van der Waals surface area contributed by atoms with Gasteiger partial charge in [0.15, 0.2) is 0 Å². The molecule has 0 bridgehead atoms. The summed E-state index contributed by atoms with van der Waals surface area (Å²) in [6.45, 7) is 4.15. The van der Waals surface area contributed by atoms with Gasteiger partial charge in [-0.3, -0.25) is 14.9 Å². The zero-order valence-electron chi connectivity index (χ0n) is 14.9. The van der Waals surface area contributed by atoms with E-state index in [0.29, 0.717) is 17.8 Å². The van der Waals surface area contributed by atoms with Crippen molar-refractivity contribution >= 4 is 17.3 Å². The predicted molar refractivity (Wildman–Crippen MR) is 102 cm³/mol. The van der Waals surface area contributed by atoms with Gasteiger partial charge >= 0.3 is 0 Å². The lowest BCUT2D eigenvalue weighted by molar-refractivity contribution is -0.384. The molecule has 1 aliphatic heterocycles. The highest BCUT2D eigenvalue weighted by atomic mass is 16.6. The summed E-state index contributed by atoms with van der Waals surface area (Å²) in [5.41, 5.74) is 2.06. The number of nitrogens with one attached hydrogen (secondary N) is 1. The normalized spacial score (nSPS) is 14.9. The van der Waals surface area contributed by atoms with Crippen LogP contribution in [0.4, 0.5) is 11.4 Å². The van der Waals surface area contributed by atoms with Crippen LogP contribution in [0.5, 0.6) is 0 Å². The van der Waals surface area contributed by atoms with Gasteiger partial charge < -0.3 is 10.2 Å². The fourth-order valence-electron chi connectivity index (χ4n) is 3.28. The molecule has 1 atom stereocenters. The molecule has 1 fully saturated rings. The molecule has 6 heteroatoms. The molecule has 2 aromatic carbocycles. The largest absolute Gasteiger partial charge is 0.366 e. The van der Waals surface area contributed by atoms with E-state index >= 15 is 0 Å². The third-order valence-corrected chi connectivity index (χ3v) is 4.82. The van der Waals surface area contributed by atoms with Crippen molar-refractivity contribution in [1.29, 1.82) is 0 Å².